The van der Waals surface area contributed by atoms with Crippen LogP contribution in [0, 0.1) is 5.92 Å². The van der Waals surface area contributed by atoms with E-state index >= 15 is 0 Å². The van der Waals surface area contributed by atoms with Crippen LogP contribution in [0.3, 0.4) is 0 Å². The number of halogens is 1. The maximum Gasteiger partial charge on any atom is 0.127 e. The van der Waals surface area contributed by atoms with Crippen molar-refractivity contribution < 1.29 is 9.47 Å². The largest absolute Gasteiger partial charge is 0.489 e. The third-order valence-electron chi connectivity index (χ3n) is 6.90. The van der Waals surface area contributed by atoms with E-state index in [0.29, 0.717) is 18.4 Å². The number of anilines is 1. The van der Waals surface area contributed by atoms with E-state index in [1.54, 1.807) is 0 Å². The van der Waals surface area contributed by atoms with Gasteiger partial charge in [-0.15, -0.1) is 0 Å². The van der Waals surface area contributed by atoms with Crippen LogP contribution in [-0.2, 0) is 6.61 Å². The molecular formula is C31H26ClNO2. The van der Waals surface area contributed by atoms with Crippen molar-refractivity contribution in [2.75, 3.05) is 5.32 Å². The second-order valence-corrected chi connectivity index (χ2v) is 9.50. The molecule has 2 aliphatic rings. The summed E-state index contributed by atoms with van der Waals surface area (Å²) in [7, 11) is 0. The van der Waals surface area contributed by atoms with Crippen molar-refractivity contribution in [3.63, 3.8) is 0 Å². The van der Waals surface area contributed by atoms with Crippen molar-refractivity contribution in [3.05, 3.63) is 131 Å². The number of benzene rings is 4. The van der Waals surface area contributed by atoms with Crippen LogP contribution in [0.25, 0.3) is 0 Å². The number of rotatable bonds is 6. The molecule has 35 heavy (non-hydrogen) atoms. The van der Waals surface area contributed by atoms with E-state index in [2.05, 4.69) is 53.9 Å². The molecule has 0 fully saturated rings. The van der Waals surface area contributed by atoms with E-state index in [0.717, 1.165) is 34.3 Å². The molecule has 6 rings (SSSR count). The summed E-state index contributed by atoms with van der Waals surface area (Å²) in [5.41, 5.74) is 4.72. The minimum absolute atomic E-state index is 0.237. The van der Waals surface area contributed by atoms with Gasteiger partial charge in [0.2, 0.25) is 0 Å². The second kappa shape index (κ2) is 9.52. The first-order chi connectivity index (χ1) is 17.2. The van der Waals surface area contributed by atoms with Gasteiger partial charge in [-0.05, 0) is 72.0 Å². The lowest BCUT2D eigenvalue weighted by Crippen LogP contribution is -2.29. The number of hydrogen-bond acceptors (Lipinski definition) is 3. The summed E-state index contributed by atoms with van der Waals surface area (Å²) >= 11 is 6.26. The van der Waals surface area contributed by atoms with Gasteiger partial charge in [0.15, 0.2) is 0 Å². The van der Waals surface area contributed by atoms with Crippen LogP contribution in [0.4, 0.5) is 5.69 Å². The molecule has 1 aliphatic heterocycles. The van der Waals surface area contributed by atoms with Crippen molar-refractivity contribution in [2.45, 2.75) is 25.0 Å². The van der Waals surface area contributed by atoms with Gasteiger partial charge in [0.25, 0.3) is 0 Å². The molecule has 4 heteroatoms. The quantitative estimate of drug-likeness (QED) is 0.281. The lowest BCUT2D eigenvalue weighted by Gasteiger charge is -2.37. The first-order valence-corrected chi connectivity index (χ1v) is 12.4. The molecule has 0 saturated heterocycles. The zero-order valence-electron chi connectivity index (χ0n) is 19.2. The Morgan fingerprint density at radius 3 is 2.40 bits per heavy atom. The van der Waals surface area contributed by atoms with Crippen molar-refractivity contribution in [3.8, 4) is 17.2 Å². The van der Waals surface area contributed by atoms with Gasteiger partial charge in [0.05, 0.1) is 6.04 Å². The number of ether oxygens (including phenoxy) is 2. The molecule has 0 radical (unpaired) electrons. The highest BCUT2D eigenvalue weighted by Gasteiger charge is 2.38. The van der Waals surface area contributed by atoms with E-state index < -0.39 is 0 Å². The molecular weight excluding hydrogens is 454 g/mol. The van der Waals surface area contributed by atoms with Gasteiger partial charge in [0.1, 0.15) is 23.9 Å². The van der Waals surface area contributed by atoms with E-state index in [1.165, 1.54) is 16.8 Å². The van der Waals surface area contributed by atoms with Crippen molar-refractivity contribution in [2.24, 2.45) is 5.92 Å². The zero-order chi connectivity index (χ0) is 23.6. The molecule has 0 saturated carbocycles. The lowest BCUT2D eigenvalue weighted by molar-refractivity contribution is 0.306. The molecule has 1 heterocycles. The van der Waals surface area contributed by atoms with Crippen LogP contribution in [0.1, 0.15) is 35.1 Å². The number of hydrogen-bond donors (Lipinski definition) is 1. The average Bonchev–Trinajstić information content (AvgIpc) is 3.39. The molecule has 0 amide bonds. The predicted octanol–water partition coefficient (Wildman–Crippen LogP) is 8.54. The summed E-state index contributed by atoms with van der Waals surface area (Å²) in [4.78, 5) is 0. The highest BCUT2D eigenvalue weighted by Crippen LogP contribution is 2.50. The summed E-state index contributed by atoms with van der Waals surface area (Å²) in [6.45, 7) is 0.454. The molecule has 0 aromatic heterocycles. The van der Waals surface area contributed by atoms with E-state index in [1.807, 2.05) is 60.7 Å². The van der Waals surface area contributed by atoms with Gasteiger partial charge in [0, 0.05) is 22.2 Å². The molecule has 0 bridgehead atoms. The maximum atomic E-state index is 6.26. The Kier molecular flexibility index (Phi) is 5.93. The van der Waals surface area contributed by atoms with Crippen LogP contribution in [0.5, 0.6) is 17.2 Å². The molecule has 0 unspecified atom stereocenters. The minimum atomic E-state index is 0.237. The first-order valence-electron chi connectivity index (χ1n) is 12.0. The predicted molar refractivity (Wildman–Crippen MR) is 142 cm³/mol. The van der Waals surface area contributed by atoms with Gasteiger partial charge in [-0.2, -0.15) is 0 Å². The smallest absolute Gasteiger partial charge is 0.127 e. The third kappa shape index (κ3) is 4.52. The van der Waals surface area contributed by atoms with Gasteiger partial charge >= 0.3 is 0 Å². The fourth-order valence-corrected chi connectivity index (χ4v) is 5.33. The standard InChI is InChI=1S/C31H26ClNO2/c32-29-12-5-4-7-22(29)20-34-23-15-13-21(14-16-23)31-27-11-6-10-26(27)28-19-25(17-18-30(28)33-31)35-24-8-2-1-3-9-24/h1-10,12-19,26-27,31,33H,11,20H2/t26-,27+,31+/m1/s1. The highest BCUT2D eigenvalue weighted by molar-refractivity contribution is 6.31. The van der Waals surface area contributed by atoms with Crippen LogP contribution in [0.2, 0.25) is 5.02 Å². The lowest BCUT2D eigenvalue weighted by atomic mass is 9.77. The minimum Gasteiger partial charge on any atom is -0.489 e. The molecule has 1 N–H and O–H groups in total. The Hall–Kier alpha value is -3.69. The molecule has 4 aromatic carbocycles. The summed E-state index contributed by atoms with van der Waals surface area (Å²) in [6, 6.07) is 32.8. The van der Waals surface area contributed by atoms with Crippen LogP contribution >= 0.6 is 11.6 Å². The molecule has 0 spiro atoms. The second-order valence-electron chi connectivity index (χ2n) is 9.09. The number of fused-ring (bicyclic) bond motifs is 3. The summed E-state index contributed by atoms with van der Waals surface area (Å²) in [5.74, 6) is 3.39. The number of nitrogens with one attached hydrogen (secondary N) is 1. The van der Waals surface area contributed by atoms with Crippen molar-refractivity contribution >= 4 is 17.3 Å². The third-order valence-corrected chi connectivity index (χ3v) is 7.27. The van der Waals surface area contributed by atoms with Crippen LogP contribution in [0.15, 0.2) is 109 Å². The Labute approximate surface area is 211 Å². The van der Waals surface area contributed by atoms with Gasteiger partial charge in [-0.1, -0.05) is 72.3 Å². The van der Waals surface area contributed by atoms with Crippen molar-refractivity contribution in [1.29, 1.82) is 0 Å². The Balaban J connectivity index is 1.20. The molecule has 3 atom stereocenters. The monoisotopic (exact) mass is 479 g/mol. The topological polar surface area (TPSA) is 30.5 Å². The summed E-state index contributed by atoms with van der Waals surface area (Å²) in [6.07, 6.45) is 5.71. The normalized spacial score (nSPS) is 20.0. The fraction of sp³-hybridized carbons (Fsp3) is 0.161. The number of allylic oxidation sites excluding steroid dienone is 2. The maximum absolute atomic E-state index is 6.26. The van der Waals surface area contributed by atoms with Crippen LogP contribution < -0.4 is 14.8 Å². The fourth-order valence-electron chi connectivity index (χ4n) is 5.14. The summed E-state index contributed by atoms with van der Waals surface area (Å²) < 4.78 is 12.1. The number of para-hydroxylation sites is 1. The van der Waals surface area contributed by atoms with Crippen LogP contribution in [-0.4, -0.2) is 0 Å². The first kappa shape index (κ1) is 21.8. The summed E-state index contributed by atoms with van der Waals surface area (Å²) in [5, 5.41) is 4.53. The SMILES string of the molecule is Clc1ccccc1COc1ccc([C@@H]2Nc3ccc(Oc4ccccc4)cc3[C@@H]3C=CC[C@@H]32)cc1. The van der Waals surface area contributed by atoms with E-state index in [4.69, 9.17) is 21.1 Å². The molecule has 3 nitrogen and oxygen atoms in total. The van der Waals surface area contributed by atoms with Gasteiger partial charge in [-0.25, -0.2) is 0 Å². The van der Waals surface area contributed by atoms with E-state index in [-0.39, 0.29) is 6.04 Å². The average molecular weight is 480 g/mol. The van der Waals surface area contributed by atoms with Gasteiger partial charge in [-0.3, -0.25) is 0 Å². The molecule has 1 aliphatic carbocycles. The van der Waals surface area contributed by atoms with Crippen molar-refractivity contribution in [1.82, 2.24) is 0 Å². The molecule has 174 valence electrons. The highest BCUT2D eigenvalue weighted by atomic mass is 35.5. The Bertz CT molecular complexity index is 1350. The molecule has 4 aromatic rings. The Morgan fingerprint density at radius 2 is 1.57 bits per heavy atom. The van der Waals surface area contributed by atoms with Gasteiger partial charge < -0.3 is 14.8 Å². The zero-order valence-corrected chi connectivity index (χ0v) is 20.0. The van der Waals surface area contributed by atoms with E-state index in [9.17, 15) is 0 Å². The Morgan fingerprint density at radius 1 is 0.800 bits per heavy atom.